The summed E-state index contributed by atoms with van der Waals surface area (Å²) in [6.07, 6.45) is 2.70. The van der Waals surface area contributed by atoms with Crippen LogP contribution in [0.3, 0.4) is 0 Å². The Morgan fingerprint density at radius 3 is 2.72 bits per heavy atom. The standard InChI is InChI=1S/C20H23BrO4/c1-19(2)11-8-9-20(3,10-11)18(19)25-17(23)14(21)15-12-6-4-5-7-13(12)16(22)24-15/h4-7,11,14-15,18H,8-10H2,1-3H3/t11-,14+,15+,18+,20+/m0/s1. The molecule has 2 fully saturated rings. The summed E-state index contributed by atoms with van der Waals surface area (Å²) < 4.78 is 11.4. The average molecular weight is 407 g/mol. The third-order valence-electron chi connectivity index (χ3n) is 6.58. The van der Waals surface area contributed by atoms with E-state index in [-0.39, 0.29) is 28.9 Å². The number of esters is 2. The highest BCUT2D eigenvalue weighted by Gasteiger charge is 2.61. The summed E-state index contributed by atoms with van der Waals surface area (Å²) in [5.74, 6) is -0.125. The zero-order valence-corrected chi connectivity index (χ0v) is 16.3. The van der Waals surface area contributed by atoms with E-state index in [1.54, 1.807) is 12.1 Å². The van der Waals surface area contributed by atoms with E-state index in [1.807, 2.05) is 12.1 Å². The fourth-order valence-electron chi connectivity index (χ4n) is 5.25. The second-order valence-corrected chi connectivity index (χ2v) is 9.53. The lowest BCUT2D eigenvalue weighted by molar-refractivity contribution is -0.165. The van der Waals surface area contributed by atoms with Gasteiger partial charge in [-0.1, -0.05) is 54.9 Å². The van der Waals surface area contributed by atoms with Gasteiger partial charge in [0, 0.05) is 16.4 Å². The summed E-state index contributed by atoms with van der Waals surface area (Å²) in [6, 6.07) is 7.19. The first-order valence-electron chi connectivity index (χ1n) is 8.88. The molecule has 5 heteroatoms. The predicted octanol–water partition coefficient (Wildman–Crippen LogP) is 4.42. The number of alkyl halides is 1. The first kappa shape index (κ1) is 17.1. The maximum Gasteiger partial charge on any atom is 0.339 e. The third-order valence-corrected chi connectivity index (χ3v) is 7.44. The molecule has 1 aromatic rings. The number of ether oxygens (including phenoxy) is 2. The predicted molar refractivity (Wildman–Crippen MR) is 96.4 cm³/mol. The van der Waals surface area contributed by atoms with Crippen LogP contribution in [-0.4, -0.2) is 22.9 Å². The number of carbonyl (C=O) groups excluding carboxylic acids is 2. The quantitative estimate of drug-likeness (QED) is 0.550. The van der Waals surface area contributed by atoms with Gasteiger partial charge in [-0.15, -0.1) is 0 Å². The molecule has 2 aliphatic carbocycles. The fraction of sp³-hybridized carbons (Fsp3) is 0.600. The fourth-order valence-corrected chi connectivity index (χ4v) is 5.75. The topological polar surface area (TPSA) is 52.6 Å². The van der Waals surface area contributed by atoms with E-state index in [2.05, 4.69) is 36.7 Å². The van der Waals surface area contributed by atoms with E-state index < -0.39 is 10.9 Å². The molecule has 4 rings (SSSR count). The van der Waals surface area contributed by atoms with Crippen LogP contribution in [0, 0.1) is 16.7 Å². The molecule has 0 saturated heterocycles. The van der Waals surface area contributed by atoms with Crippen LogP contribution in [-0.2, 0) is 14.3 Å². The van der Waals surface area contributed by atoms with E-state index in [0.717, 1.165) is 18.4 Å². The van der Waals surface area contributed by atoms with Gasteiger partial charge < -0.3 is 9.47 Å². The van der Waals surface area contributed by atoms with Gasteiger partial charge in [-0.25, -0.2) is 4.79 Å². The summed E-state index contributed by atoms with van der Waals surface area (Å²) in [5, 5.41) is 0. The number of hydrogen-bond donors (Lipinski definition) is 0. The molecule has 0 amide bonds. The Kier molecular flexibility index (Phi) is 3.80. The lowest BCUT2D eigenvalue weighted by atomic mass is 9.70. The molecular weight excluding hydrogens is 384 g/mol. The molecule has 3 aliphatic rings. The third kappa shape index (κ3) is 2.46. The van der Waals surface area contributed by atoms with E-state index >= 15 is 0 Å². The highest BCUT2D eigenvalue weighted by atomic mass is 79.9. The molecule has 1 heterocycles. The van der Waals surface area contributed by atoms with Crippen molar-refractivity contribution < 1.29 is 19.1 Å². The minimum absolute atomic E-state index is 0.0142. The Bertz CT molecular complexity index is 738. The first-order chi connectivity index (χ1) is 11.7. The molecule has 1 aliphatic heterocycles. The molecule has 0 radical (unpaired) electrons. The molecule has 0 spiro atoms. The van der Waals surface area contributed by atoms with E-state index in [9.17, 15) is 9.59 Å². The van der Waals surface area contributed by atoms with Crippen molar-refractivity contribution >= 4 is 27.9 Å². The number of benzene rings is 1. The van der Waals surface area contributed by atoms with Crippen molar-refractivity contribution in [2.24, 2.45) is 16.7 Å². The van der Waals surface area contributed by atoms with Gasteiger partial charge in [0.25, 0.3) is 0 Å². The Morgan fingerprint density at radius 1 is 1.32 bits per heavy atom. The van der Waals surface area contributed by atoms with E-state index in [4.69, 9.17) is 9.47 Å². The van der Waals surface area contributed by atoms with Gasteiger partial charge in [0.1, 0.15) is 6.10 Å². The maximum atomic E-state index is 12.8. The highest BCUT2D eigenvalue weighted by Crippen LogP contribution is 2.63. The summed E-state index contributed by atoms with van der Waals surface area (Å²) in [7, 11) is 0. The van der Waals surface area contributed by atoms with Gasteiger partial charge in [-0.05, 0) is 31.2 Å². The monoisotopic (exact) mass is 406 g/mol. The Labute approximate surface area is 156 Å². The summed E-state index contributed by atoms with van der Waals surface area (Å²) in [4.78, 5) is 24.2. The van der Waals surface area contributed by atoms with Crippen LogP contribution < -0.4 is 0 Å². The summed E-state index contributed by atoms with van der Waals surface area (Å²) >= 11 is 3.43. The van der Waals surface area contributed by atoms with Crippen LogP contribution in [0.2, 0.25) is 0 Å². The van der Waals surface area contributed by atoms with Crippen LogP contribution in [0.1, 0.15) is 62.1 Å². The number of fused-ring (bicyclic) bond motifs is 3. The highest BCUT2D eigenvalue weighted by molar-refractivity contribution is 9.10. The van der Waals surface area contributed by atoms with Gasteiger partial charge >= 0.3 is 11.9 Å². The second-order valence-electron chi connectivity index (χ2n) is 8.55. The minimum atomic E-state index is -0.696. The Morgan fingerprint density at radius 2 is 2.04 bits per heavy atom. The molecular formula is C20H23BrO4. The molecule has 0 unspecified atom stereocenters. The SMILES string of the molecule is CC1(C)[C@H]2CC[C@](C)(C2)[C@@H]1OC(=O)[C@H](Br)[C@@H]1OC(=O)c2ccccc21. The van der Waals surface area contributed by atoms with Crippen molar-refractivity contribution in [3.8, 4) is 0 Å². The zero-order valence-electron chi connectivity index (χ0n) is 14.8. The van der Waals surface area contributed by atoms with Crippen molar-refractivity contribution in [2.45, 2.75) is 57.1 Å². The molecule has 25 heavy (non-hydrogen) atoms. The molecule has 0 N–H and O–H groups in total. The van der Waals surface area contributed by atoms with Crippen LogP contribution >= 0.6 is 15.9 Å². The van der Waals surface area contributed by atoms with Crippen molar-refractivity contribution in [1.29, 1.82) is 0 Å². The second kappa shape index (κ2) is 5.57. The van der Waals surface area contributed by atoms with Gasteiger partial charge in [-0.3, -0.25) is 4.79 Å². The minimum Gasteiger partial charge on any atom is -0.460 e. The lowest BCUT2D eigenvalue weighted by Gasteiger charge is -2.42. The first-order valence-corrected chi connectivity index (χ1v) is 9.80. The van der Waals surface area contributed by atoms with Crippen molar-refractivity contribution in [3.63, 3.8) is 0 Å². The number of rotatable bonds is 3. The normalized spacial score (nSPS) is 36.0. The molecule has 134 valence electrons. The summed E-state index contributed by atoms with van der Waals surface area (Å²) in [6.45, 7) is 6.64. The smallest absolute Gasteiger partial charge is 0.339 e. The number of halogens is 1. The van der Waals surface area contributed by atoms with Gasteiger partial charge in [0.05, 0.1) is 5.56 Å². The van der Waals surface area contributed by atoms with Crippen LogP contribution in [0.15, 0.2) is 24.3 Å². The van der Waals surface area contributed by atoms with Gasteiger partial charge in [0.2, 0.25) is 0 Å². The van der Waals surface area contributed by atoms with E-state index in [1.165, 1.54) is 6.42 Å². The lowest BCUT2D eigenvalue weighted by Crippen LogP contribution is -2.45. The molecule has 1 aromatic carbocycles. The maximum absolute atomic E-state index is 12.8. The number of carbonyl (C=O) groups is 2. The number of cyclic esters (lactones) is 1. The molecule has 2 bridgehead atoms. The molecule has 0 aromatic heterocycles. The Balaban J connectivity index is 1.54. The molecule has 2 saturated carbocycles. The van der Waals surface area contributed by atoms with Gasteiger partial charge in [0.15, 0.2) is 10.9 Å². The molecule has 4 nitrogen and oxygen atoms in total. The van der Waals surface area contributed by atoms with Crippen molar-refractivity contribution in [3.05, 3.63) is 35.4 Å². The van der Waals surface area contributed by atoms with Gasteiger partial charge in [-0.2, -0.15) is 0 Å². The zero-order chi connectivity index (χ0) is 18.0. The van der Waals surface area contributed by atoms with Crippen molar-refractivity contribution in [2.75, 3.05) is 0 Å². The van der Waals surface area contributed by atoms with E-state index in [0.29, 0.717) is 11.5 Å². The summed E-state index contributed by atoms with van der Waals surface area (Å²) in [5.41, 5.74) is 1.31. The van der Waals surface area contributed by atoms with Crippen molar-refractivity contribution in [1.82, 2.24) is 0 Å². The number of hydrogen-bond acceptors (Lipinski definition) is 4. The Hall–Kier alpha value is -1.36. The largest absolute Gasteiger partial charge is 0.460 e. The molecule has 5 atom stereocenters. The van der Waals surface area contributed by atoms with Crippen LogP contribution in [0.5, 0.6) is 0 Å². The van der Waals surface area contributed by atoms with Crippen LogP contribution in [0.4, 0.5) is 0 Å². The van der Waals surface area contributed by atoms with Crippen LogP contribution in [0.25, 0.3) is 0 Å². The average Bonchev–Trinajstić information content (AvgIpc) is 3.18.